The number of aliphatic hydroxyl groups excluding tert-OH is 1. The first-order valence-electron chi connectivity index (χ1n) is 8.79. The molecule has 0 heterocycles. The van der Waals surface area contributed by atoms with Gasteiger partial charge in [-0.15, -0.1) is 24.8 Å². The minimum atomic E-state index is -0.953. The zero-order valence-electron chi connectivity index (χ0n) is 16.5. The summed E-state index contributed by atoms with van der Waals surface area (Å²) in [5.41, 5.74) is 1.92. The average molecular weight is 500 g/mol. The average Bonchev–Trinajstić information content (AvgIpc) is 2.65. The molecule has 0 amide bonds. The monoisotopic (exact) mass is 498 g/mol. The number of methoxy groups -OCH3 is 1. The van der Waals surface area contributed by atoms with Crippen LogP contribution in [0.4, 0.5) is 5.69 Å². The SMILES string of the molecule is COc1cc(NC[C@@H](C)NC[C@H](O)c2cccc(Cl)c2)c(Cl)cc1CC(=O)O.Cl.Cl. The van der Waals surface area contributed by atoms with Crippen LogP contribution in [0.15, 0.2) is 36.4 Å². The number of anilines is 1. The second-order valence-corrected chi connectivity index (χ2v) is 7.32. The fourth-order valence-corrected chi connectivity index (χ4v) is 3.15. The lowest BCUT2D eigenvalue weighted by atomic mass is 10.1. The van der Waals surface area contributed by atoms with Crippen LogP contribution >= 0.6 is 48.0 Å². The molecule has 0 aliphatic rings. The first kappa shape index (κ1) is 28.6. The van der Waals surface area contributed by atoms with Gasteiger partial charge in [-0.1, -0.05) is 35.3 Å². The molecule has 4 N–H and O–H groups in total. The van der Waals surface area contributed by atoms with Crippen LogP contribution in [0.1, 0.15) is 24.2 Å². The van der Waals surface area contributed by atoms with E-state index in [4.69, 9.17) is 33.0 Å². The number of hydrogen-bond acceptors (Lipinski definition) is 5. The number of carboxylic acids is 1. The van der Waals surface area contributed by atoms with Crippen molar-refractivity contribution < 1.29 is 19.7 Å². The second-order valence-electron chi connectivity index (χ2n) is 6.48. The molecule has 0 saturated carbocycles. The van der Waals surface area contributed by atoms with E-state index in [1.54, 1.807) is 30.3 Å². The number of nitrogens with one attached hydrogen (secondary N) is 2. The number of aliphatic hydroxyl groups is 1. The molecule has 30 heavy (non-hydrogen) atoms. The summed E-state index contributed by atoms with van der Waals surface area (Å²) in [6.07, 6.45) is -0.831. The van der Waals surface area contributed by atoms with E-state index in [-0.39, 0.29) is 37.3 Å². The van der Waals surface area contributed by atoms with Gasteiger partial charge >= 0.3 is 5.97 Å². The lowest BCUT2D eigenvalue weighted by molar-refractivity contribution is -0.136. The minimum absolute atomic E-state index is 0. The Bertz CT molecular complexity index is 823. The zero-order chi connectivity index (χ0) is 20.7. The Morgan fingerprint density at radius 1 is 1.17 bits per heavy atom. The smallest absolute Gasteiger partial charge is 0.307 e. The third kappa shape index (κ3) is 8.76. The molecule has 0 aliphatic carbocycles. The third-order valence-electron chi connectivity index (χ3n) is 4.20. The number of aliphatic carboxylic acids is 1. The second kappa shape index (κ2) is 13.8. The number of halogens is 4. The number of hydrogen-bond donors (Lipinski definition) is 4. The van der Waals surface area contributed by atoms with Crippen LogP contribution in [0.25, 0.3) is 0 Å². The zero-order valence-corrected chi connectivity index (χ0v) is 19.7. The summed E-state index contributed by atoms with van der Waals surface area (Å²) >= 11 is 12.2. The van der Waals surface area contributed by atoms with Crippen molar-refractivity contribution in [3.8, 4) is 5.75 Å². The summed E-state index contributed by atoms with van der Waals surface area (Å²) in [5, 5.41) is 26.7. The van der Waals surface area contributed by atoms with Crippen LogP contribution in [-0.2, 0) is 11.2 Å². The van der Waals surface area contributed by atoms with Gasteiger partial charge in [0.1, 0.15) is 5.75 Å². The Morgan fingerprint density at radius 2 is 1.87 bits per heavy atom. The highest BCUT2D eigenvalue weighted by Crippen LogP contribution is 2.31. The van der Waals surface area contributed by atoms with Gasteiger partial charge < -0.3 is 25.6 Å². The Hall–Kier alpha value is -1.41. The van der Waals surface area contributed by atoms with Gasteiger partial charge in [0.05, 0.1) is 30.3 Å². The lowest BCUT2D eigenvalue weighted by Gasteiger charge is -2.20. The number of ether oxygens (including phenoxy) is 1. The molecular formula is C20H26Cl4N2O4. The van der Waals surface area contributed by atoms with Crippen molar-refractivity contribution in [2.75, 3.05) is 25.5 Å². The fourth-order valence-electron chi connectivity index (χ4n) is 2.70. The molecule has 0 spiro atoms. The molecule has 2 aromatic carbocycles. The van der Waals surface area contributed by atoms with Gasteiger partial charge in [-0.05, 0) is 30.7 Å². The third-order valence-corrected chi connectivity index (χ3v) is 4.75. The molecule has 2 aromatic rings. The molecule has 0 unspecified atom stereocenters. The number of benzene rings is 2. The normalized spacial score (nSPS) is 12.2. The van der Waals surface area contributed by atoms with E-state index in [1.807, 2.05) is 13.0 Å². The van der Waals surface area contributed by atoms with E-state index >= 15 is 0 Å². The van der Waals surface area contributed by atoms with Crippen molar-refractivity contribution in [1.29, 1.82) is 0 Å². The van der Waals surface area contributed by atoms with Gasteiger partial charge in [0.15, 0.2) is 0 Å². The molecule has 0 saturated heterocycles. The predicted octanol–water partition coefficient (Wildman–Crippen LogP) is 4.60. The molecular weight excluding hydrogens is 474 g/mol. The summed E-state index contributed by atoms with van der Waals surface area (Å²) in [4.78, 5) is 10.9. The van der Waals surface area contributed by atoms with Crippen molar-refractivity contribution in [2.45, 2.75) is 25.5 Å². The number of rotatable bonds is 10. The maximum atomic E-state index is 10.9. The van der Waals surface area contributed by atoms with Crippen molar-refractivity contribution in [3.63, 3.8) is 0 Å². The summed E-state index contributed by atoms with van der Waals surface area (Å²) in [5.74, 6) is -0.488. The van der Waals surface area contributed by atoms with E-state index in [1.165, 1.54) is 7.11 Å². The predicted molar refractivity (Wildman–Crippen MR) is 126 cm³/mol. The van der Waals surface area contributed by atoms with Crippen molar-refractivity contribution in [1.82, 2.24) is 5.32 Å². The van der Waals surface area contributed by atoms with Gasteiger partial charge in [0.25, 0.3) is 0 Å². The molecule has 2 atom stereocenters. The standard InChI is InChI=1S/C20H24Cl2N2O4.2ClH/c1-12(23-11-18(25)13-4-3-5-15(21)6-13)10-24-17-9-19(28-2)14(7-16(17)22)8-20(26)27;;/h3-7,9,12,18,23-25H,8,10-11H2,1-2H3,(H,26,27);2*1H/t12-,18+;;/m1../s1. The molecule has 0 fully saturated rings. The highest BCUT2D eigenvalue weighted by atomic mass is 35.5. The van der Waals surface area contributed by atoms with E-state index in [2.05, 4.69) is 10.6 Å². The van der Waals surface area contributed by atoms with Crippen LogP contribution in [0, 0.1) is 0 Å². The Morgan fingerprint density at radius 3 is 2.47 bits per heavy atom. The van der Waals surface area contributed by atoms with Gasteiger partial charge in [0.2, 0.25) is 0 Å². The maximum absolute atomic E-state index is 10.9. The van der Waals surface area contributed by atoms with E-state index in [0.29, 0.717) is 40.1 Å². The van der Waals surface area contributed by atoms with Crippen LogP contribution < -0.4 is 15.4 Å². The molecule has 0 bridgehead atoms. The first-order valence-corrected chi connectivity index (χ1v) is 9.54. The molecule has 2 rings (SSSR count). The lowest BCUT2D eigenvalue weighted by Crippen LogP contribution is -2.35. The van der Waals surface area contributed by atoms with E-state index < -0.39 is 12.1 Å². The molecule has 0 radical (unpaired) electrons. The quantitative estimate of drug-likeness (QED) is 0.382. The number of carbonyl (C=O) groups is 1. The Kier molecular flexibility index (Phi) is 13.2. The summed E-state index contributed by atoms with van der Waals surface area (Å²) in [6, 6.07) is 10.4. The van der Waals surface area contributed by atoms with Crippen LogP contribution in [0.3, 0.4) is 0 Å². The Balaban J connectivity index is 0.00000420. The van der Waals surface area contributed by atoms with Crippen molar-refractivity contribution in [3.05, 3.63) is 57.6 Å². The molecule has 0 aromatic heterocycles. The van der Waals surface area contributed by atoms with Crippen LogP contribution in [-0.4, -0.2) is 42.4 Å². The summed E-state index contributed by atoms with van der Waals surface area (Å²) < 4.78 is 5.26. The van der Waals surface area contributed by atoms with Crippen LogP contribution in [0.2, 0.25) is 10.0 Å². The van der Waals surface area contributed by atoms with Gasteiger partial charge in [0, 0.05) is 35.8 Å². The molecule has 6 nitrogen and oxygen atoms in total. The number of carboxylic acid groups (broad SMARTS) is 1. The van der Waals surface area contributed by atoms with E-state index in [0.717, 1.165) is 5.56 Å². The fraction of sp³-hybridized carbons (Fsp3) is 0.350. The largest absolute Gasteiger partial charge is 0.496 e. The minimum Gasteiger partial charge on any atom is -0.496 e. The summed E-state index contributed by atoms with van der Waals surface area (Å²) in [7, 11) is 1.49. The summed E-state index contributed by atoms with van der Waals surface area (Å²) in [6.45, 7) is 2.89. The molecule has 0 aliphatic heterocycles. The molecule has 10 heteroatoms. The highest BCUT2D eigenvalue weighted by Gasteiger charge is 2.14. The maximum Gasteiger partial charge on any atom is 0.307 e. The highest BCUT2D eigenvalue weighted by molar-refractivity contribution is 6.33. The first-order chi connectivity index (χ1) is 13.3. The molecule has 168 valence electrons. The van der Waals surface area contributed by atoms with Crippen molar-refractivity contribution in [2.24, 2.45) is 0 Å². The van der Waals surface area contributed by atoms with Gasteiger partial charge in [-0.2, -0.15) is 0 Å². The van der Waals surface area contributed by atoms with Gasteiger partial charge in [-0.3, -0.25) is 4.79 Å². The Labute approximate surface area is 198 Å². The topological polar surface area (TPSA) is 90.8 Å². The van der Waals surface area contributed by atoms with Crippen LogP contribution in [0.5, 0.6) is 5.75 Å². The van der Waals surface area contributed by atoms with Gasteiger partial charge in [-0.25, -0.2) is 0 Å². The van der Waals surface area contributed by atoms with E-state index in [9.17, 15) is 9.90 Å². The van der Waals surface area contributed by atoms with Crippen molar-refractivity contribution >= 4 is 59.7 Å².